The fourth-order valence-electron chi connectivity index (χ4n) is 3.41. The molecule has 2 N–H and O–H groups in total. The van der Waals surface area contributed by atoms with Crippen LogP contribution in [0.1, 0.15) is 41.6 Å². The molecule has 7 nitrogen and oxygen atoms in total. The molecule has 0 aliphatic carbocycles. The maximum atomic E-state index is 12.9. The van der Waals surface area contributed by atoms with Crippen LogP contribution in [0, 0.1) is 12.8 Å². The summed E-state index contributed by atoms with van der Waals surface area (Å²) in [5.41, 5.74) is 2.11. The molecule has 3 aromatic rings. The van der Waals surface area contributed by atoms with Crippen LogP contribution in [-0.2, 0) is 11.3 Å². The molecule has 2 aromatic carbocycles. The Morgan fingerprint density at radius 1 is 1.23 bits per heavy atom. The summed E-state index contributed by atoms with van der Waals surface area (Å²) in [6.07, 6.45) is 1.73. The van der Waals surface area contributed by atoms with E-state index in [1.54, 1.807) is 30.3 Å². The molecule has 0 saturated heterocycles. The zero-order valence-electron chi connectivity index (χ0n) is 19.7. The number of benzene rings is 2. The number of thioether (sulfide) groups is 1. The lowest BCUT2D eigenvalue weighted by Crippen LogP contribution is -2.34. The number of amides is 2. The molecule has 0 bridgehead atoms. The van der Waals surface area contributed by atoms with Gasteiger partial charge in [0.2, 0.25) is 5.91 Å². The Balaban J connectivity index is 1.76. The molecule has 1 aromatic heterocycles. The molecule has 0 saturated carbocycles. The van der Waals surface area contributed by atoms with Crippen LogP contribution >= 0.6 is 39.3 Å². The first-order valence-corrected chi connectivity index (χ1v) is 13.1. The van der Waals surface area contributed by atoms with Gasteiger partial charge in [0.05, 0.1) is 22.4 Å². The lowest BCUT2D eigenvalue weighted by atomic mass is 10.0. The Labute approximate surface area is 222 Å². The molecule has 0 spiro atoms. The molecule has 184 valence electrons. The molecular weight excluding hydrogens is 550 g/mol. The minimum absolute atomic E-state index is 0.0238. The van der Waals surface area contributed by atoms with Gasteiger partial charge in [-0.15, -0.1) is 16.8 Å². The summed E-state index contributed by atoms with van der Waals surface area (Å²) in [4.78, 5) is 25.5. The maximum absolute atomic E-state index is 12.9. The summed E-state index contributed by atoms with van der Waals surface area (Å²) >= 11 is 10.9. The molecule has 0 aliphatic heterocycles. The van der Waals surface area contributed by atoms with Crippen molar-refractivity contribution >= 4 is 56.8 Å². The fraction of sp³-hybridized carbons (Fsp3) is 0.280. The SMILES string of the molecule is C=CCn1c(SCC(=O)Nc2ccc(Br)cc2C)nnc1[C@@H](NC(=O)c1ccccc1Cl)C(C)C. The van der Waals surface area contributed by atoms with Gasteiger partial charge in [0.1, 0.15) is 0 Å². The Morgan fingerprint density at radius 2 is 1.97 bits per heavy atom. The predicted molar refractivity (Wildman–Crippen MR) is 145 cm³/mol. The highest BCUT2D eigenvalue weighted by atomic mass is 79.9. The zero-order chi connectivity index (χ0) is 25.5. The number of halogens is 2. The van der Waals surface area contributed by atoms with E-state index in [2.05, 4.69) is 43.3 Å². The van der Waals surface area contributed by atoms with Crippen molar-refractivity contribution in [2.75, 3.05) is 11.1 Å². The van der Waals surface area contributed by atoms with E-state index in [1.807, 2.05) is 43.5 Å². The number of anilines is 1. The van der Waals surface area contributed by atoms with E-state index in [0.29, 0.717) is 28.1 Å². The summed E-state index contributed by atoms with van der Waals surface area (Å²) in [5.74, 6) is 0.328. The van der Waals surface area contributed by atoms with Gasteiger partial charge < -0.3 is 15.2 Å². The third-order valence-corrected chi connectivity index (χ3v) is 6.99. The molecule has 10 heteroatoms. The van der Waals surface area contributed by atoms with Crippen molar-refractivity contribution in [1.82, 2.24) is 20.1 Å². The number of aromatic nitrogens is 3. The van der Waals surface area contributed by atoms with Gasteiger partial charge >= 0.3 is 0 Å². The van der Waals surface area contributed by atoms with Crippen molar-refractivity contribution < 1.29 is 9.59 Å². The van der Waals surface area contributed by atoms with E-state index in [1.165, 1.54) is 11.8 Å². The molecular formula is C25H27BrClN5O2S. The van der Waals surface area contributed by atoms with Crippen molar-refractivity contribution in [3.05, 3.63) is 81.6 Å². The van der Waals surface area contributed by atoms with Crippen LogP contribution in [0.2, 0.25) is 5.02 Å². The summed E-state index contributed by atoms with van der Waals surface area (Å²) in [5, 5.41) is 15.6. The van der Waals surface area contributed by atoms with Gasteiger partial charge in [-0.05, 0) is 48.7 Å². The molecule has 3 rings (SSSR count). The van der Waals surface area contributed by atoms with Crippen LogP contribution in [0.4, 0.5) is 5.69 Å². The lowest BCUT2D eigenvalue weighted by Gasteiger charge is -2.23. The summed E-state index contributed by atoms with van der Waals surface area (Å²) in [6, 6.07) is 12.2. The Kier molecular flexibility index (Phi) is 9.54. The number of carbonyl (C=O) groups excluding carboxylic acids is 2. The largest absolute Gasteiger partial charge is 0.342 e. The van der Waals surface area contributed by atoms with Crippen molar-refractivity contribution in [1.29, 1.82) is 0 Å². The summed E-state index contributed by atoms with van der Waals surface area (Å²) < 4.78 is 2.82. The Morgan fingerprint density at radius 3 is 2.63 bits per heavy atom. The van der Waals surface area contributed by atoms with Crippen LogP contribution in [0.5, 0.6) is 0 Å². The topological polar surface area (TPSA) is 88.9 Å². The van der Waals surface area contributed by atoms with Crippen LogP contribution in [0.15, 0.2) is 64.7 Å². The second-order valence-corrected chi connectivity index (χ2v) is 10.5. The van der Waals surface area contributed by atoms with Crippen molar-refractivity contribution in [2.45, 2.75) is 38.5 Å². The number of hydrogen-bond acceptors (Lipinski definition) is 5. The minimum Gasteiger partial charge on any atom is -0.342 e. The average Bonchev–Trinajstić information content (AvgIpc) is 3.20. The van der Waals surface area contributed by atoms with Gasteiger partial charge in [-0.2, -0.15) is 0 Å². The number of allylic oxidation sites excluding steroid dienone is 1. The van der Waals surface area contributed by atoms with E-state index in [4.69, 9.17) is 11.6 Å². The predicted octanol–water partition coefficient (Wildman–Crippen LogP) is 6.05. The van der Waals surface area contributed by atoms with E-state index >= 15 is 0 Å². The number of nitrogens with zero attached hydrogens (tertiary/aromatic N) is 3. The number of carbonyl (C=O) groups is 2. The van der Waals surface area contributed by atoms with Crippen LogP contribution in [0.3, 0.4) is 0 Å². The monoisotopic (exact) mass is 575 g/mol. The van der Waals surface area contributed by atoms with E-state index in [0.717, 1.165) is 15.7 Å². The smallest absolute Gasteiger partial charge is 0.253 e. The van der Waals surface area contributed by atoms with Gasteiger partial charge in [0.25, 0.3) is 5.91 Å². The van der Waals surface area contributed by atoms with Crippen LogP contribution < -0.4 is 10.6 Å². The van der Waals surface area contributed by atoms with Crippen LogP contribution in [-0.4, -0.2) is 32.3 Å². The summed E-state index contributed by atoms with van der Waals surface area (Å²) in [7, 11) is 0. The molecule has 1 atom stereocenters. The molecule has 0 fully saturated rings. The first-order chi connectivity index (χ1) is 16.7. The van der Waals surface area contributed by atoms with E-state index in [-0.39, 0.29) is 23.5 Å². The zero-order valence-corrected chi connectivity index (χ0v) is 22.9. The molecule has 0 aliphatic rings. The second-order valence-electron chi connectivity index (χ2n) is 8.21. The van der Waals surface area contributed by atoms with Gasteiger partial charge in [-0.3, -0.25) is 9.59 Å². The first-order valence-electron chi connectivity index (χ1n) is 11.0. The number of rotatable bonds is 10. The molecule has 0 radical (unpaired) electrons. The van der Waals surface area contributed by atoms with Gasteiger partial charge in [-0.25, -0.2) is 0 Å². The van der Waals surface area contributed by atoms with Gasteiger partial charge in [0, 0.05) is 16.7 Å². The first kappa shape index (κ1) is 27.0. The fourth-order valence-corrected chi connectivity index (χ4v) is 4.87. The second kappa shape index (κ2) is 12.4. The van der Waals surface area contributed by atoms with E-state index < -0.39 is 6.04 Å². The van der Waals surface area contributed by atoms with Crippen LogP contribution in [0.25, 0.3) is 0 Å². The molecule has 2 amide bonds. The third kappa shape index (κ3) is 6.96. The van der Waals surface area contributed by atoms with Crippen molar-refractivity contribution in [2.24, 2.45) is 5.92 Å². The normalized spacial score (nSPS) is 11.8. The number of hydrogen-bond donors (Lipinski definition) is 2. The molecule has 35 heavy (non-hydrogen) atoms. The highest BCUT2D eigenvalue weighted by Gasteiger charge is 2.27. The Bertz CT molecular complexity index is 1230. The molecule has 1 heterocycles. The highest BCUT2D eigenvalue weighted by Crippen LogP contribution is 2.27. The number of nitrogens with one attached hydrogen (secondary N) is 2. The van der Waals surface area contributed by atoms with Crippen molar-refractivity contribution in [3.8, 4) is 0 Å². The minimum atomic E-state index is -0.417. The standard InChI is InChI=1S/C25H27BrClN5O2S/c1-5-12-32-23(22(15(2)3)29-24(34)18-8-6-7-9-19(18)27)30-31-25(32)35-14-21(33)28-20-11-10-17(26)13-16(20)4/h5-11,13,15,22H,1,12,14H2,2-4H3,(H,28,33)(H,29,34)/t22-/m0/s1. The van der Waals surface area contributed by atoms with Gasteiger partial charge in [0.15, 0.2) is 11.0 Å². The number of aryl methyl sites for hydroxylation is 1. The van der Waals surface area contributed by atoms with E-state index in [9.17, 15) is 9.59 Å². The highest BCUT2D eigenvalue weighted by molar-refractivity contribution is 9.10. The maximum Gasteiger partial charge on any atom is 0.253 e. The van der Waals surface area contributed by atoms with Crippen molar-refractivity contribution in [3.63, 3.8) is 0 Å². The quantitative estimate of drug-likeness (QED) is 0.227. The Hall–Kier alpha value is -2.62. The molecule has 0 unspecified atom stereocenters. The summed E-state index contributed by atoms with van der Waals surface area (Å²) in [6.45, 7) is 10.2. The lowest BCUT2D eigenvalue weighted by molar-refractivity contribution is -0.113. The average molecular weight is 577 g/mol. The third-order valence-electron chi connectivity index (χ3n) is 5.20. The van der Waals surface area contributed by atoms with Gasteiger partial charge in [-0.1, -0.05) is 71.3 Å².